The number of nitrogens with zero attached hydrogens (tertiary/aromatic N) is 4. The molecule has 0 radical (unpaired) electrons. The highest BCUT2D eigenvalue weighted by Crippen LogP contribution is 2.52. The summed E-state index contributed by atoms with van der Waals surface area (Å²) in [7, 11) is -2.17. The number of fused-ring (bicyclic) bond motifs is 2. The number of anilines is 2. The molecule has 4 amide bonds. The van der Waals surface area contributed by atoms with E-state index < -0.39 is 65.4 Å². The number of hydrogen-bond donors (Lipinski definition) is 5. The Morgan fingerprint density at radius 2 is 1.77 bits per heavy atom. The van der Waals surface area contributed by atoms with E-state index in [0.717, 1.165) is 9.87 Å². The van der Waals surface area contributed by atoms with E-state index in [1.165, 1.54) is 18.2 Å². The van der Waals surface area contributed by atoms with Crippen molar-refractivity contribution in [3.63, 3.8) is 0 Å². The van der Waals surface area contributed by atoms with E-state index in [9.17, 15) is 28.3 Å². The second-order valence-electron chi connectivity index (χ2n) is 16.0. The van der Waals surface area contributed by atoms with Crippen molar-refractivity contribution >= 4 is 67.6 Å². The molecular weight excluding hydrogens is 804 g/mol. The van der Waals surface area contributed by atoms with Crippen LogP contribution in [-0.2, 0) is 32.8 Å². The summed E-state index contributed by atoms with van der Waals surface area (Å²) in [5.74, 6) is -7.70. The lowest BCUT2D eigenvalue weighted by atomic mass is 9.76. The van der Waals surface area contributed by atoms with E-state index in [1.54, 1.807) is 40.9 Å². The van der Waals surface area contributed by atoms with Crippen LogP contribution in [0.5, 0.6) is 5.75 Å². The highest BCUT2D eigenvalue weighted by Gasteiger charge is 2.49. The van der Waals surface area contributed by atoms with Crippen molar-refractivity contribution in [2.24, 2.45) is 13.0 Å². The van der Waals surface area contributed by atoms with Gasteiger partial charge in [0.15, 0.2) is 5.82 Å². The minimum atomic E-state index is -3.87. The van der Waals surface area contributed by atoms with Crippen LogP contribution in [0.1, 0.15) is 60.8 Å². The van der Waals surface area contributed by atoms with Crippen molar-refractivity contribution < 1.29 is 46.2 Å². The highest BCUT2D eigenvalue weighted by atomic mass is 32.3. The molecule has 4 aromatic carbocycles. The molecule has 0 bridgehead atoms. The molecule has 5 N–H and O–H groups in total. The van der Waals surface area contributed by atoms with Gasteiger partial charge in [0.25, 0.3) is 11.8 Å². The van der Waals surface area contributed by atoms with Gasteiger partial charge in [0, 0.05) is 41.9 Å². The first-order chi connectivity index (χ1) is 28.6. The van der Waals surface area contributed by atoms with Gasteiger partial charge in [-0.1, -0.05) is 42.5 Å². The van der Waals surface area contributed by atoms with Gasteiger partial charge in [0.1, 0.15) is 24.6 Å². The summed E-state index contributed by atoms with van der Waals surface area (Å²) in [5.41, 5.74) is 2.49. The van der Waals surface area contributed by atoms with Gasteiger partial charge >= 0.3 is 0 Å². The lowest BCUT2D eigenvalue weighted by Gasteiger charge is -2.47. The Balaban J connectivity index is 0.856. The number of aromatic nitrogens is 2. The topological polar surface area (TPSA) is 178 Å². The minimum absolute atomic E-state index is 0.0199. The molecule has 60 heavy (non-hydrogen) atoms. The van der Waals surface area contributed by atoms with Crippen molar-refractivity contribution in [3.05, 3.63) is 95.4 Å². The molecule has 4 aliphatic rings. The van der Waals surface area contributed by atoms with Crippen LogP contribution in [0.4, 0.5) is 24.5 Å². The normalized spacial score (nSPS) is 24.5. The Labute approximate surface area is 343 Å². The van der Waals surface area contributed by atoms with Gasteiger partial charge in [-0.3, -0.25) is 43.2 Å². The number of nitrogens with one attached hydrogen (secondary N) is 3. The fraction of sp³-hybridized carbons (Fsp3) is 0.357. The number of aryl methyl sites for hydroxylation is 1. The molecule has 2 unspecified atom stereocenters. The van der Waals surface area contributed by atoms with Crippen LogP contribution in [0.3, 0.4) is 0 Å². The fourth-order valence-electron chi connectivity index (χ4n) is 8.91. The summed E-state index contributed by atoms with van der Waals surface area (Å²) in [6.45, 7) is -0.511. The maximum absolute atomic E-state index is 16.3. The molecular formula is C42H42F3N7O7S. The van der Waals surface area contributed by atoms with Crippen LogP contribution in [0, 0.1) is 11.7 Å². The number of carbonyl (C=O) groups excluding carboxylic acids is 4. The number of halogens is 3. The molecule has 3 saturated heterocycles. The van der Waals surface area contributed by atoms with Crippen molar-refractivity contribution in [2.75, 3.05) is 29.3 Å². The molecule has 5 aromatic rings. The number of ether oxygens (including phenoxy) is 1. The Morgan fingerprint density at radius 3 is 2.48 bits per heavy atom. The summed E-state index contributed by atoms with van der Waals surface area (Å²) in [6.07, 6.45) is 1.54. The lowest BCUT2D eigenvalue weighted by molar-refractivity contribution is -0.134. The zero-order chi connectivity index (χ0) is 42.1. The first-order valence-electron chi connectivity index (χ1n) is 19.7. The minimum Gasteiger partial charge on any atom is -0.487 e. The third-order valence-corrected chi connectivity index (χ3v) is 13.5. The van der Waals surface area contributed by atoms with Crippen LogP contribution >= 0.6 is 11.0 Å². The predicted molar refractivity (Wildman–Crippen MR) is 218 cm³/mol. The van der Waals surface area contributed by atoms with E-state index in [1.807, 2.05) is 30.3 Å². The number of carbonyl (C=O) groups is 4. The molecule has 0 spiro atoms. The third-order valence-electron chi connectivity index (χ3n) is 12.1. The quantitative estimate of drug-likeness (QED) is 0.106. The first kappa shape index (κ1) is 39.8. The zero-order valence-corrected chi connectivity index (χ0v) is 33.2. The lowest BCUT2D eigenvalue weighted by Crippen LogP contribution is -2.56. The Bertz CT molecular complexity index is 2570. The van der Waals surface area contributed by atoms with Crippen LogP contribution in [0.25, 0.3) is 21.7 Å². The van der Waals surface area contributed by atoms with E-state index in [2.05, 4.69) is 20.5 Å². The van der Waals surface area contributed by atoms with Gasteiger partial charge in [0.2, 0.25) is 17.7 Å². The van der Waals surface area contributed by atoms with E-state index in [-0.39, 0.29) is 54.1 Å². The summed E-state index contributed by atoms with van der Waals surface area (Å²) >= 11 is 0. The summed E-state index contributed by atoms with van der Waals surface area (Å²) < 4.78 is 79.8. The molecule has 18 heteroatoms. The Morgan fingerprint density at radius 1 is 1.00 bits per heavy atom. The number of amides is 4. The largest absolute Gasteiger partial charge is 0.487 e. The number of alkyl halides is 2. The fourth-order valence-corrected chi connectivity index (χ4v) is 10.1. The number of rotatable bonds is 9. The monoisotopic (exact) mass is 845 g/mol. The van der Waals surface area contributed by atoms with E-state index in [4.69, 9.17) is 4.74 Å². The standard InChI is InChI=1S/C42H42F3N7O7S/c1-50-33-18-24(7-9-30(33)38(48-50)31-11-12-35(53)47-41(31)56)32-13-14-51(22-42(32,44)45)28-16-26(17-28)40(55)46-27-8-10-29-25(15-27)19-34(59-21-23-5-3-2-4-6-23)39(37(29)43)52-20-36(54)49-60(52,57)58/h2-10,15,18-19,26,28,31-32,57-58H,11-14,16-17,20-22H2,1H3,(H,46,55)(H,49,54)(H,47,53,56). The molecule has 1 aliphatic carbocycles. The van der Waals surface area contributed by atoms with Crippen molar-refractivity contribution in [2.45, 2.75) is 62.5 Å². The molecule has 4 fully saturated rings. The molecule has 314 valence electrons. The zero-order valence-electron chi connectivity index (χ0n) is 32.4. The third kappa shape index (κ3) is 7.30. The van der Waals surface area contributed by atoms with Gasteiger partial charge < -0.3 is 10.1 Å². The van der Waals surface area contributed by atoms with Crippen molar-refractivity contribution in [1.82, 2.24) is 24.7 Å². The Kier molecular flexibility index (Phi) is 10.0. The number of benzene rings is 4. The number of piperidine rings is 2. The molecule has 3 aliphatic heterocycles. The maximum Gasteiger partial charge on any atom is 0.267 e. The average molecular weight is 846 g/mol. The van der Waals surface area contributed by atoms with Gasteiger partial charge in [-0.2, -0.15) is 5.10 Å². The molecule has 9 rings (SSSR count). The van der Waals surface area contributed by atoms with Crippen LogP contribution < -0.4 is 24.4 Å². The average Bonchev–Trinajstić information content (AvgIpc) is 3.65. The van der Waals surface area contributed by atoms with Gasteiger partial charge in [-0.15, -0.1) is 0 Å². The second kappa shape index (κ2) is 15.1. The summed E-state index contributed by atoms with van der Waals surface area (Å²) in [4.78, 5) is 51.5. The molecule has 14 nitrogen and oxygen atoms in total. The maximum atomic E-state index is 16.3. The predicted octanol–water partition coefficient (Wildman–Crippen LogP) is 6.32. The van der Waals surface area contributed by atoms with Crippen molar-refractivity contribution in [1.29, 1.82) is 0 Å². The number of likely N-dealkylation sites (tertiary alicyclic amines) is 1. The number of hydrogen-bond acceptors (Lipinski definition) is 10. The van der Waals surface area contributed by atoms with Gasteiger partial charge in [-0.25, -0.2) is 22.2 Å². The molecule has 2 atom stereocenters. The number of imide groups is 1. The first-order valence-corrected chi connectivity index (χ1v) is 21.2. The van der Waals surface area contributed by atoms with Gasteiger partial charge in [-0.05, 0) is 90.0 Å². The Hall–Kier alpha value is -5.69. The summed E-state index contributed by atoms with van der Waals surface area (Å²) in [5, 5.41) is 10.9. The van der Waals surface area contributed by atoms with Crippen molar-refractivity contribution in [3.8, 4) is 5.75 Å². The van der Waals surface area contributed by atoms with Gasteiger partial charge in [0.05, 0.1) is 29.6 Å². The molecule has 1 aromatic heterocycles. The highest BCUT2D eigenvalue weighted by molar-refractivity contribution is 8.24. The van der Waals surface area contributed by atoms with E-state index in [0.29, 0.717) is 59.0 Å². The molecule has 1 saturated carbocycles. The second-order valence-corrected chi connectivity index (χ2v) is 17.7. The summed E-state index contributed by atoms with van der Waals surface area (Å²) in [6, 6.07) is 20.1. The SMILES string of the molecule is Cn1nc(C2CCC(=O)NC2=O)c2ccc(C3CCN(C4CC(C(=O)Nc5ccc6c(F)c(N7CC(=O)NS7(O)O)c(OCc7ccccc7)cc6c5)C4)CC3(F)F)cc21. The smallest absolute Gasteiger partial charge is 0.267 e. The van der Waals surface area contributed by atoms with Crippen LogP contribution in [0.2, 0.25) is 0 Å². The molecule has 4 heterocycles. The van der Waals surface area contributed by atoms with Crippen LogP contribution in [-0.4, -0.2) is 79.0 Å². The van der Waals surface area contributed by atoms with E-state index >= 15 is 13.2 Å². The van der Waals surface area contributed by atoms with Crippen LogP contribution in [0.15, 0.2) is 72.8 Å².